The van der Waals surface area contributed by atoms with E-state index in [4.69, 9.17) is 11.6 Å². The molecule has 1 atom stereocenters. The van der Waals surface area contributed by atoms with E-state index in [1.165, 1.54) is 39.0 Å². The zero-order valence-electron chi connectivity index (χ0n) is 24.4. The lowest BCUT2D eigenvalue weighted by atomic mass is 9.82. The number of aromatic nitrogens is 1. The quantitative estimate of drug-likeness (QED) is 0.172. The number of aryl methyl sites for hydroxylation is 1. The van der Waals surface area contributed by atoms with Crippen LogP contribution >= 0.6 is 11.6 Å². The van der Waals surface area contributed by atoms with Crippen LogP contribution in [0.4, 0.5) is 11.4 Å². The van der Waals surface area contributed by atoms with Crippen molar-refractivity contribution in [2.45, 2.75) is 33.6 Å². The minimum atomic E-state index is -0.0367. The molecule has 1 heterocycles. The molecule has 0 saturated heterocycles. The zero-order chi connectivity index (χ0) is 28.2. The molecule has 3 nitrogen and oxygen atoms in total. The van der Waals surface area contributed by atoms with Crippen molar-refractivity contribution in [2.75, 3.05) is 36.0 Å². The summed E-state index contributed by atoms with van der Waals surface area (Å²) in [6, 6.07) is 35.2. The highest BCUT2D eigenvalue weighted by molar-refractivity contribution is 6.31. The molecule has 0 fully saturated rings. The molecule has 0 amide bonds. The van der Waals surface area contributed by atoms with E-state index in [-0.39, 0.29) is 5.92 Å². The fraction of sp³-hybridized carbons (Fsp3) is 0.278. The van der Waals surface area contributed by atoms with E-state index >= 15 is 0 Å². The van der Waals surface area contributed by atoms with Crippen LogP contribution in [-0.2, 0) is 7.05 Å². The van der Waals surface area contributed by atoms with Crippen LogP contribution in [0.2, 0.25) is 5.02 Å². The molecule has 0 spiro atoms. The van der Waals surface area contributed by atoms with Crippen LogP contribution in [0.3, 0.4) is 0 Å². The van der Waals surface area contributed by atoms with Crippen LogP contribution in [0, 0.1) is 0 Å². The Kier molecular flexibility index (Phi) is 8.52. The summed E-state index contributed by atoms with van der Waals surface area (Å²) in [6.45, 7) is 12.7. The molecule has 0 aliphatic heterocycles. The summed E-state index contributed by atoms with van der Waals surface area (Å²) in [5, 5.41) is 2.06. The van der Waals surface area contributed by atoms with Gasteiger partial charge >= 0.3 is 0 Å². The van der Waals surface area contributed by atoms with Crippen LogP contribution in [0.15, 0.2) is 97.1 Å². The monoisotopic (exact) mass is 549 g/mol. The second-order valence-corrected chi connectivity index (χ2v) is 10.7. The van der Waals surface area contributed by atoms with Crippen molar-refractivity contribution in [2.24, 2.45) is 7.05 Å². The molecule has 0 aliphatic rings. The molecule has 5 aromatic rings. The molecule has 1 aromatic heterocycles. The lowest BCUT2D eigenvalue weighted by Gasteiger charge is -2.26. The lowest BCUT2D eigenvalue weighted by molar-refractivity contribution is 0.862. The van der Waals surface area contributed by atoms with Gasteiger partial charge in [0.2, 0.25) is 0 Å². The van der Waals surface area contributed by atoms with Gasteiger partial charge in [-0.3, -0.25) is 0 Å². The second-order valence-electron chi connectivity index (χ2n) is 10.3. The smallest absolute Gasteiger partial charge is 0.0530 e. The van der Waals surface area contributed by atoms with Gasteiger partial charge in [-0.15, -0.1) is 0 Å². The number of para-hydroxylation sites is 1. The van der Waals surface area contributed by atoms with Crippen molar-refractivity contribution < 1.29 is 0 Å². The molecule has 0 radical (unpaired) electrons. The summed E-state index contributed by atoms with van der Waals surface area (Å²) < 4.78 is 2.34. The first-order valence-electron chi connectivity index (χ1n) is 14.5. The average Bonchev–Trinajstić information content (AvgIpc) is 3.28. The van der Waals surface area contributed by atoms with E-state index in [0.29, 0.717) is 0 Å². The van der Waals surface area contributed by atoms with E-state index in [0.717, 1.165) is 42.5 Å². The third-order valence-corrected chi connectivity index (χ3v) is 8.59. The maximum Gasteiger partial charge on any atom is 0.0530 e. The maximum absolute atomic E-state index is 7.22. The van der Waals surface area contributed by atoms with Crippen LogP contribution in [0.1, 0.15) is 50.3 Å². The Morgan fingerprint density at radius 3 is 1.88 bits per heavy atom. The third kappa shape index (κ3) is 5.11. The van der Waals surface area contributed by atoms with Gasteiger partial charge in [-0.1, -0.05) is 78.3 Å². The van der Waals surface area contributed by atoms with Crippen molar-refractivity contribution >= 4 is 33.9 Å². The first-order chi connectivity index (χ1) is 19.5. The molecule has 0 aliphatic carbocycles. The van der Waals surface area contributed by atoms with Crippen molar-refractivity contribution in [3.05, 3.63) is 119 Å². The number of hydrogen-bond acceptors (Lipinski definition) is 2. The van der Waals surface area contributed by atoms with Gasteiger partial charge < -0.3 is 14.4 Å². The van der Waals surface area contributed by atoms with E-state index in [9.17, 15) is 0 Å². The second kappa shape index (κ2) is 12.2. The highest BCUT2D eigenvalue weighted by atomic mass is 35.5. The molecular weight excluding hydrogens is 510 g/mol. The molecule has 5 rings (SSSR count). The number of nitrogens with zero attached hydrogens (tertiary/aromatic N) is 3. The van der Waals surface area contributed by atoms with E-state index < -0.39 is 0 Å². The summed E-state index contributed by atoms with van der Waals surface area (Å²) in [6.07, 6.45) is 0. The van der Waals surface area contributed by atoms with Gasteiger partial charge in [-0.25, -0.2) is 0 Å². The van der Waals surface area contributed by atoms with Crippen molar-refractivity contribution in [3.63, 3.8) is 0 Å². The summed E-state index contributed by atoms with van der Waals surface area (Å²) in [5.41, 5.74) is 9.71. The lowest BCUT2D eigenvalue weighted by Crippen LogP contribution is -2.22. The summed E-state index contributed by atoms with van der Waals surface area (Å²) in [4.78, 5) is 4.73. The molecule has 1 unspecified atom stereocenters. The predicted octanol–water partition coefficient (Wildman–Crippen LogP) is 9.37. The summed E-state index contributed by atoms with van der Waals surface area (Å²) in [7, 11) is 2.18. The largest absolute Gasteiger partial charge is 0.372 e. The van der Waals surface area contributed by atoms with Crippen LogP contribution < -0.4 is 9.80 Å². The van der Waals surface area contributed by atoms with Gasteiger partial charge in [0.25, 0.3) is 0 Å². The number of benzene rings is 4. The summed E-state index contributed by atoms with van der Waals surface area (Å²) >= 11 is 7.22. The topological polar surface area (TPSA) is 11.4 Å². The third-order valence-electron chi connectivity index (χ3n) is 8.26. The van der Waals surface area contributed by atoms with E-state index in [2.05, 4.69) is 146 Å². The number of halogens is 1. The first kappa shape index (κ1) is 27.9. The highest BCUT2D eigenvalue weighted by Crippen LogP contribution is 2.46. The average molecular weight is 550 g/mol. The fourth-order valence-corrected chi connectivity index (χ4v) is 6.45. The molecule has 0 saturated carbocycles. The van der Waals surface area contributed by atoms with E-state index in [1.54, 1.807) is 0 Å². The normalized spacial score (nSPS) is 12.1. The molecular formula is C36H40ClN3. The number of anilines is 2. The Hall–Kier alpha value is -3.69. The Morgan fingerprint density at radius 1 is 0.675 bits per heavy atom. The van der Waals surface area contributed by atoms with Crippen molar-refractivity contribution in [1.82, 2.24) is 4.57 Å². The van der Waals surface area contributed by atoms with Gasteiger partial charge in [0.1, 0.15) is 0 Å². The summed E-state index contributed by atoms with van der Waals surface area (Å²) in [5.74, 6) is -0.0367. The van der Waals surface area contributed by atoms with Gasteiger partial charge in [0.15, 0.2) is 0 Å². The van der Waals surface area contributed by atoms with Crippen molar-refractivity contribution in [3.8, 4) is 11.3 Å². The Labute approximate surface area is 244 Å². The van der Waals surface area contributed by atoms with Crippen LogP contribution in [-0.4, -0.2) is 30.7 Å². The SMILES string of the molecule is CCN(CC)c1ccc(C(c2ccc(N(CC)CC)cc2Cl)c2c(-c3ccccc3)n(C)c3ccccc23)cc1. The van der Waals surface area contributed by atoms with E-state index in [1.807, 2.05) is 0 Å². The van der Waals surface area contributed by atoms with Gasteiger partial charge in [0, 0.05) is 66.4 Å². The minimum absolute atomic E-state index is 0.0367. The minimum Gasteiger partial charge on any atom is -0.372 e. The molecule has 4 heteroatoms. The van der Waals surface area contributed by atoms with Crippen molar-refractivity contribution in [1.29, 1.82) is 0 Å². The number of fused-ring (bicyclic) bond motifs is 1. The zero-order valence-corrected chi connectivity index (χ0v) is 25.1. The Balaban J connectivity index is 1.79. The van der Waals surface area contributed by atoms with Gasteiger partial charge in [-0.05, 0) is 80.3 Å². The standard InChI is InChI=1S/C36H40ClN3/c1-6-39(7-2)28-21-19-26(20-22-28)34(30-24-23-29(25-32(30)37)40(8-3)9-4)35-31-17-13-14-18-33(31)38(5)36(35)27-15-11-10-12-16-27/h10-25,34H,6-9H2,1-5H3. The first-order valence-corrected chi connectivity index (χ1v) is 14.9. The Bertz CT molecular complexity index is 1560. The van der Waals surface area contributed by atoms with Crippen LogP contribution in [0.25, 0.3) is 22.2 Å². The van der Waals surface area contributed by atoms with Crippen LogP contribution in [0.5, 0.6) is 0 Å². The molecule has 40 heavy (non-hydrogen) atoms. The maximum atomic E-state index is 7.22. The highest BCUT2D eigenvalue weighted by Gasteiger charge is 2.28. The number of rotatable bonds is 10. The Morgan fingerprint density at radius 2 is 1.25 bits per heavy atom. The molecule has 0 bridgehead atoms. The molecule has 4 aromatic carbocycles. The van der Waals surface area contributed by atoms with Gasteiger partial charge in [0.05, 0.1) is 5.69 Å². The molecule has 0 N–H and O–H groups in total. The fourth-order valence-electron chi connectivity index (χ4n) is 6.16. The van der Waals surface area contributed by atoms with Gasteiger partial charge in [-0.2, -0.15) is 0 Å². The molecule has 206 valence electrons. The predicted molar refractivity (Wildman–Crippen MR) is 174 cm³/mol. The number of hydrogen-bond donors (Lipinski definition) is 0.